The highest BCUT2D eigenvalue weighted by Crippen LogP contribution is 2.29. The van der Waals surface area contributed by atoms with Gasteiger partial charge in [0.05, 0.1) is 10.5 Å². The Morgan fingerprint density at radius 3 is 2.03 bits per heavy atom. The second-order valence-electron chi connectivity index (χ2n) is 8.17. The zero-order valence-corrected chi connectivity index (χ0v) is 18.6. The molecule has 0 radical (unpaired) electrons. The minimum Gasteiger partial charge on any atom is -0.386 e. The molecule has 0 aliphatic rings. The summed E-state index contributed by atoms with van der Waals surface area (Å²) in [4.78, 5) is 14.4. The molecule has 7 heteroatoms. The van der Waals surface area contributed by atoms with E-state index in [1.807, 2.05) is 52.0 Å². The number of hydrogen-bond acceptors (Lipinski definition) is 4. The van der Waals surface area contributed by atoms with Gasteiger partial charge >= 0.3 is 6.03 Å². The average molecular weight is 419 g/mol. The molecule has 2 N–H and O–H groups in total. The minimum absolute atomic E-state index is 0.0419. The van der Waals surface area contributed by atoms with Crippen molar-refractivity contribution in [1.82, 2.24) is 4.72 Å². The van der Waals surface area contributed by atoms with Gasteiger partial charge in [0.25, 0.3) is 10.0 Å². The first-order valence-electron chi connectivity index (χ1n) is 9.62. The molecule has 2 aromatic rings. The van der Waals surface area contributed by atoms with E-state index in [0.717, 1.165) is 5.56 Å². The Bertz CT molecular complexity index is 959. The van der Waals surface area contributed by atoms with Crippen molar-refractivity contribution in [2.75, 3.05) is 4.90 Å². The summed E-state index contributed by atoms with van der Waals surface area (Å²) in [6.45, 7) is 10.9. The normalized spacial score (nSPS) is 12.3. The lowest BCUT2D eigenvalue weighted by molar-refractivity contribution is 0.0785. The molecule has 0 saturated carbocycles. The first-order valence-corrected chi connectivity index (χ1v) is 11.1. The third-order valence-electron chi connectivity index (χ3n) is 4.65. The molecule has 0 spiro atoms. The standard InChI is InChI=1S/C22H30N2O4S/c1-15(2)19-9-7-8-10-20(19)24(16(3)4)21(25)23-29(27,28)18-13-11-17(12-14-18)22(5,6)26/h7-16,26H,1-6H3,(H,23,25). The fourth-order valence-corrected chi connectivity index (χ4v) is 4.02. The van der Waals surface area contributed by atoms with E-state index in [1.54, 1.807) is 13.8 Å². The van der Waals surface area contributed by atoms with Crippen molar-refractivity contribution in [1.29, 1.82) is 0 Å². The van der Waals surface area contributed by atoms with Gasteiger partial charge in [0, 0.05) is 11.7 Å². The van der Waals surface area contributed by atoms with E-state index in [-0.39, 0.29) is 16.9 Å². The van der Waals surface area contributed by atoms with Crippen LogP contribution in [0.4, 0.5) is 10.5 Å². The molecule has 0 aliphatic carbocycles. The molecular formula is C22H30N2O4S. The fraction of sp³-hybridized carbons (Fsp3) is 0.409. The van der Waals surface area contributed by atoms with E-state index in [1.165, 1.54) is 29.2 Å². The largest absolute Gasteiger partial charge is 0.386 e. The summed E-state index contributed by atoms with van der Waals surface area (Å²) >= 11 is 0. The molecule has 6 nitrogen and oxygen atoms in total. The summed E-state index contributed by atoms with van der Waals surface area (Å²) in [6.07, 6.45) is 0. The number of benzene rings is 2. The summed E-state index contributed by atoms with van der Waals surface area (Å²) in [5.74, 6) is 0.172. The molecule has 2 amide bonds. The van der Waals surface area contributed by atoms with Crippen LogP contribution in [-0.2, 0) is 15.6 Å². The van der Waals surface area contributed by atoms with Crippen molar-refractivity contribution in [3.05, 3.63) is 59.7 Å². The predicted octanol–water partition coefficient (Wildman–Crippen LogP) is 4.35. The topological polar surface area (TPSA) is 86.7 Å². The maximum absolute atomic E-state index is 13.0. The first-order chi connectivity index (χ1) is 13.3. The molecule has 0 atom stereocenters. The highest BCUT2D eigenvalue weighted by atomic mass is 32.2. The molecule has 0 heterocycles. The number of rotatable bonds is 6. The number of carbonyl (C=O) groups excluding carboxylic acids is 1. The lowest BCUT2D eigenvalue weighted by Gasteiger charge is -2.29. The molecule has 158 valence electrons. The van der Waals surface area contributed by atoms with Crippen LogP contribution in [0.25, 0.3) is 0 Å². The minimum atomic E-state index is -4.06. The number of nitrogens with one attached hydrogen (secondary N) is 1. The Kier molecular flexibility index (Phi) is 6.75. The van der Waals surface area contributed by atoms with Gasteiger partial charge < -0.3 is 5.11 Å². The zero-order chi connectivity index (χ0) is 22.0. The number of amides is 2. The van der Waals surface area contributed by atoms with Gasteiger partial charge in [-0.2, -0.15) is 0 Å². The van der Waals surface area contributed by atoms with Gasteiger partial charge in [0.15, 0.2) is 0 Å². The summed E-state index contributed by atoms with van der Waals surface area (Å²) in [6, 6.07) is 12.4. The quantitative estimate of drug-likeness (QED) is 0.730. The molecule has 0 unspecified atom stereocenters. The second kappa shape index (κ2) is 8.55. The number of para-hydroxylation sites is 1. The van der Waals surface area contributed by atoms with Crippen LogP contribution in [-0.4, -0.2) is 25.6 Å². The van der Waals surface area contributed by atoms with E-state index < -0.39 is 21.7 Å². The SMILES string of the molecule is CC(C)c1ccccc1N(C(=O)NS(=O)(=O)c1ccc(C(C)(C)O)cc1)C(C)C. The third-order valence-corrected chi connectivity index (χ3v) is 5.98. The second-order valence-corrected chi connectivity index (χ2v) is 9.85. The number of nitrogens with zero attached hydrogens (tertiary/aromatic N) is 1. The van der Waals surface area contributed by atoms with Crippen LogP contribution in [0.15, 0.2) is 53.4 Å². The average Bonchev–Trinajstić information content (AvgIpc) is 2.60. The highest BCUT2D eigenvalue weighted by molar-refractivity contribution is 7.90. The molecule has 2 aromatic carbocycles. The van der Waals surface area contributed by atoms with Crippen molar-refractivity contribution in [2.24, 2.45) is 0 Å². The van der Waals surface area contributed by atoms with Gasteiger partial charge in [-0.25, -0.2) is 17.9 Å². The number of hydrogen-bond donors (Lipinski definition) is 2. The van der Waals surface area contributed by atoms with Crippen LogP contribution >= 0.6 is 0 Å². The number of carbonyl (C=O) groups is 1. The van der Waals surface area contributed by atoms with E-state index in [9.17, 15) is 18.3 Å². The Labute approximate surface area is 173 Å². The van der Waals surface area contributed by atoms with Crippen molar-refractivity contribution in [3.8, 4) is 0 Å². The Morgan fingerprint density at radius 1 is 1.00 bits per heavy atom. The van der Waals surface area contributed by atoms with E-state index in [2.05, 4.69) is 4.72 Å². The lowest BCUT2D eigenvalue weighted by atomic mass is 9.99. The Morgan fingerprint density at radius 2 is 1.55 bits per heavy atom. The predicted molar refractivity (Wildman–Crippen MR) is 116 cm³/mol. The number of aliphatic hydroxyl groups is 1. The van der Waals surface area contributed by atoms with Crippen LogP contribution in [0.1, 0.15) is 58.6 Å². The van der Waals surface area contributed by atoms with E-state index in [4.69, 9.17) is 0 Å². The molecule has 29 heavy (non-hydrogen) atoms. The number of urea groups is 1. The Hall–Kier alpha value is -2.38. The van der Waals surface area contributed by atoms with E-state index >= 15 is 0 Å². The smallest absolute Gasteiger partial charge is 0.336 e. The van der Waals surface area contributed by atoms with Gasteiger partial charge in [0.2, 0.25) is 0 Å². The number of anilines is 1. The number of sulfonamides is 1. The van der Waals surface area contributed by atoms with Crippen molar-refractivity contribution in [3.63, 3.8) is 0 Å². The molecule has 0 aliphatic heterocycles. The molecular weight excluding hydrogens is 388 g/mol. The van der Waals surface area contributed by atoms with Crippen LogP contribution in [0, 0.1) is 0 Å². The molecule has 0 saturated heterocycles. The van der Waals surface area contributed by atoms with Crippen molar-refractivity contribution in [2.45, 2.75) is 64.0 Å². The van der Waals surface area contributed by atoms with Gasteiger partial charge in [0.1, 0.15) is 0 Å². The third kappa shape index (κ3) is 5.36. The zero-order valence-electron chi connectivity index (χ0n) is 17.8. The maximum atomic E-state index is 13.0. The van der Waals surface area contributed by atoms with Gasteiger partial charge in [-0.05, 0) is 62.9 Å². The molecule has 0 aromatic heterocycles. The summed E-state index contributed by atoms with van der Waals surface area (Å²) in [5, 5.41) is 10.0. The van der Waals surface area contributed by atoms with Gasteiger partial charge in [-0.15, -0.1) is 0 Å². The van der Waals surface area contributed by atoms with Crippen molar-refractivity contribution < 1.29 is 18.3 Å². The molecule has 0 fully saturated rings. The monoisotopic (exact) mass is 418 g/mol. The lowest BCUT2D eigenvalue weighted by Crippen LogP contribution is -2.46. The summed E-state index contributed by atoms with van der Waals surface area (Å²) in [7, 11) is -4.06. The van der Waals surface area contributed by atoms with Gasteiger partial charge in [-0.1, -0.05) is 44.2 Å². The summed E-state index contributed by atoms with van der Waals surface area (Å²) in [5.41, 5.74) is 1.14. The van der Waals surface area contributed by atoms with E-state index in [0.29, 0.717) is 11.3 Å². The van der Waals surface area contributed by atoms with Crippen LogP contribution in [0.5, 0.6) is 0 Å². The molecule has 2 rings (SSSR count). The van der Waals surface area contributed by atoms with Gasteiger partial charge in [-0.3, -0.25) is 4.90 Å². The maximum Gasteiger partial charge on any atom is 0.336 e. The van der Waals surface area contributed by atoms with Crippen LogP contribution in [0.2, 0.25) is 0 Å². The highest BCUT2D eigenvalue weighted by Gasteiger charge is 2.27. The first kappa shape index (κ1) is 22.9. The van der Waals surface area contributed by atoms with Crippen LogP contribution < -0.4 is 9.62 Å². The van der Waals surface area contributed by atoms with Crippen LogP contribution in [0.3, 0.4) is 0 Å². The fourth-order valence-electron chi connectivity index (χ4n) is 3.08. The molecule has 0 bridgehead atoms. The Balaban J connectivity index is 2.35. The summed E-state index contributed by atoms with van der Waals surface area (Å²) < 4.78 is 27.7. The van der Waals surface area contributed by atoms with Crippen molar-refractivity contribution >= 4 is 21.7 Å².